The molecule has 2 rings (SSSR count). The van der Waals surface area contributed by atoms with Crippen LogP contribution in [0.2, 0.25) is 5.02 Å². The Hall–Kier alpha value is -1.10. The summed E-state index contributed by atoms with van der Waals surface area (Å²) in [4.78, 5) is 4.42. The Kier molecular flexibility index (Phi) is 4.22. The molecule has 1 aromatic heterocycles. The molecule has 0 saturated carbocycles. The van der Waals surface area contributed by atoms with Gasteiger partial charge in [-0.05, 0) is 32.0 Å². The molecule has 0 radical (unpaired) electrons. The number of benzene rings is 1. The third-order valence-corrected chi connectivity index (χ3v) is 3.01. The Labute approximate surface area is 111 Å². The molecule has 0 spiro atoms. The van der Waals surface area contributed by atoms with E-state index in [1.54, 1.807) is 13.0 Å². The Morgan fingerprint density at radius 1 is 1.50 bits per heavy atom. The minimum absolute atomic E-state index is 0.601. The Bertz CT molecular complexity index is 537. The second-order valence-corrected chi connectivity index (χ2v) is 4.56. The maximum atomic E-state index is 9.77. The number of nitrogens with zero attached hydrogens (tertiary/aromatic N) is 2. The van der Waals surface area contributed by atoms with Gasteiger partial charge in [-0.25, -0.2) is 4.98 Å². The van der Waals surface area contributed by atoms with E-state index < -0.39 is 6.10 Å². The number of imidazole rings is 1. The highest BCUT2D eigenvalue weighted by atomic mass is 35.5. The quantitative estimate of drug-likeness (QED) is 0.849. The average molecular weight is 269 g/mol. The first-order valence-electron chi connectivity index (χ1n) is 6.05. The fraction of sp³-hybridized carbons (Fsp3) is 0.462. The molecular weight excluding hydrogens is 252 g/mol. The minimum Gasteiger partial charge on any atom is -0.385 e. The molecule has 18 heavy (non-hydrogen) atoms. The highest BCUT2D eigenvalue weighted by Gasteiger charge is 2.14. The minimum atomic E-state index is -0.613. The second kappa shape index (κ2) is 5.69. The maximum Gasteiger partial charge on any atom is 0.138 e. The van der Waals surface area contributed by atoms with E-state index in [9.17, 15) is 5.11 Å². The molecular formula is C13H17ClN2O2. The Balaban J connectivity index is 2.42. The van der Waals surface area contributed by atoms with Crippen LogP contribution in [0.4, 0.5) is 0 Å². The first kappa shape index (κ1) is 13.3. The summed E-state index contributed by atoms with van der Waals surface area (Å²) < 4.78 is 7.34. The summed E-state index contributed by atoms with van der Waals surface area (Å²) in [5.74, 6) is 0.645. The van der Waals surface area contributed by atoms with Gasteiger partial charge in [0.05, 0.1) is 17.6 Å². The molecule has 1 atom stereocenters. The summed E-state index contributed by atoms with van der Waals surface area (Å²) in [6.07, 6.45) is -0.613. The number of aliphatic hydroxyl groups is 1. The molecule has 0 aliphatic carbocycles. The van der Waals surface area contributed by atoms with Crippen LogP contribution in [0.3, 0.4) is 0 Å². The van der Waals surface area contributed by atoms with Gasteiger partial charge in [-0.2, -0.15) is 0 Å². The van der Waals surface area contributed by atoms with E-state index in [-0.39, 0.29) is 0 Å². The zero-order valence-electron chi connectivity index (χ0n) is 10.6. The van der Waals surface area contributed by atoms with E-state index in [1.807, 2.05) is 23.6 Å². The Morgan fingerprint density at radius 3 is 2.94 bits per heavy atom. The number of fused-ring (bicyclic) bond motifs is 1. The second-order valence-electron chi connectivity index (χ2n) is 4.13. The van der Waals surface area contributed by atoms with Gasteiger partial charge in [0, 0.05) is 18.2 Å². The number of aromatic nitrogens is 2. The zero-order chi connectivity index (χ0) is 13.1. The van der Waals surface area contributed by atoms with Gasteiger partial charge in [-0.3, -0.25) is 0 Å². The number of aliphatic hydroxyl groups excluding tert-OH is 1. The lowest BCUT2D eigenvalue weighted by Crippen LogP contribution is -2.11. The van der Waals surface area contributed by atoms with Crippen LogP contribution in [-0.2, 0) is 11.3 Å². The molecule has 1 heterocycles. The van der Waals surface area contributed by atoms with Gasteiger partial charge in [0.1, 0.15) is 11.9 Å². The summed E-state index contributed by atoms with van der Waals surface area (Å²) in [6, 6.07) is 5.55. The largest absolute Gasteiger partial charge is 0.385 e. The third kappa shape index (κ3) is 2.66. The van der Waals surface area contributed by atoms with Crippen molar-refractivity contribution < 1.29 is 9.84 Å². The molecule has 4 nitrogen and oxygen atoms in total. The van der Waals surface area contributed by atoms with Crippen molar-refractivity contribution in [1.29, 1.82) is 0 Å². The van der Waals surface area contributed by atoms with E-state index >= 15 is 0 Å². The fourth-order valence-electron chi connectivity index (χ4n) is 1.98. The molecule has 0 aliphatic heterocycles. The molecule has 0 amide bonds. The summed E-state index contributed by atoms with van der Waals surface area (Å²) in [7, 11) is 0. The molecule has 0 aliphatic rings. The van der Waals surface area contributed by atoms with E-state index in [4.69, 9.17) is 16.3 Å². The number of rotatable bonds is 5. The number of ether oxygens (including phenoxy) is 1. The van der Waals surface area contributed by atoms with Crippen LogP contribution in [0.15, 0.2) is 18.2 Å². The zero-order valence-corrected chi connectivity index (χ0v) is 11.3. The lowest BCUT2D eigenvalue weighted by atomic mass is 10.3. The molecule has 0 bridgehead atoms. The number of hydrogen-bond donors (Lipinski definition) is 1. The highest BCUT2D eigenvalue weighted by Crippen LogP contribution is 2.23. The molecule has 0 fully saturated rings. The number of halogens is 1. The van der Waals surface area contributed by atoms with Crippen molar-refractivity contribution >= 4 is 22.6 Å². The van der Waals surface area contributed by atoms with Crippen LogP contribution in [0, 0.1) is 0 Å². The van der Waals surface area contributed by atoms with Crippen LogP contribution in [0.1, 0.15) is 25.8 Å². The number of hydrogen-bond acceptors (Lipinski definition) is 3. The van der Waals surface area contributed by atoms with Crippen molar-refractivity contribution in [3.05, 3.63) is 29.0 Å². The molecule has 98 valence electrons. The van der Waals surface area contributed by atoms with Gasteiger partial charge in [-0.1, -0.05) is 11.6 Å². The monoisotopic (exact) mass is 268 g/mol. The van der Waals surface area contributed by atoms with Gasteiger partial charge in [0.2, 0.25) is 0 Å². The first-order valence-corrected chi connectivity index (χ1v) is 6.42. The molecule has 0 saturated heterocycles. The normalized spacial score (nSPS) is 13.1. The first-order chi connectivity index (χ1) is 8.63. The lowest BCUT2D eigenvalue weighted by molar-refractivity contribution is 0.134. The lowest BCUT2D eigenvalue weighted by Gasteiger charge is -2.10. The standard InChI is InChI=1S/C13H17ClN2O2/c1-3-18-7-6-16-12-5-4-10(14)8-11(12)15-13(16)9(2)17/h4-5,8-9,17H,3,6-7H2,1-2H3. The maximum absolute atomic E-state index is 9.77. The van der Waals surface area contributed by atoms with Crippen molar-refractivity contribution in [3.63, 3.8) is 0 Å². The van der Waals surface area contributed by atoms with Crippen LogP contribution < -0.4 is 0 Å². The summed E-state index contributed by atoms with van der Waals surface area (Å²) in [5.41, 5.74) is 1.77. The van der Waals surface area contributed by atoms with Crippen LogP contribution in [0.25, 0.3) is 11.0 Å². The molecule has 1 unspecified atom stereocenters. The van der Waals surface area contributed by atoms with Crippen molar-refractivity contribution in [2.24, 2.45) is 0 Å². The van der Waals surface area contributed by atoms with Crippen molar-refractivity contribution in [2.75, 3.05) is 13.2 Å². The smallest absolute Gasteiger partial charge is 0.138 e. The Morgan fingerprint density at radius 2 is 2.28 bits per heavy atom. The predicted octanol–water partition coefficient (Wildman–Crippen LogP) is 2.78. The van der Waals surface area contributed by atoms with E-state index in [1.165, 1.54) is 0 Å². The molecule has 1 N–H and O–H groups in total. The summed E-state index contributed by atoms with van der Waals surface area (Å²) >= 11 is 5.95. The SMILES string of the molecule is CCOCCn1c(C(C)O)nc2cc(Cl)ccc21. The van der Waals surface area contributed by atoms with Crippen molar-refractivity contribution in [1.82, 2.24) is 9.55 Å². The summed E-state index contributed by atoms with van der Waals surface area (Å²) in [6.45, 7) is 5.63. The van der Waals surface area contributed by atoms with Crippen LogP contribution in [-0.4, -0.2) is 27.9 Å². The van der Waals surface area contributed by atoms with E-state index in [0.29, 0.717) is 30.6 Å². The highest BCUT2D eigenvalue weighted by molar-refractivity contribution is 6.31. The van der Waals surface area contributed by atoms with Gasteiger partial charge >= 0.3 is 0 Å². The van der Waals surface area contributed by atoms with Gasteiger partial charge < -0.3 is 14.4 Å². The van der Waals surface area contributed by atoms with E-state index in [2.05, 4.69) is 4.98 Å². The molecule has 1 aromatic carbocycles. The fourth-order valence-corrected chi connectivity index (χ4v) is 2.14. The van der Waals surface area contributed by atoms with Gasteiger partial charge in [0.25, 0.3) is 0 Å². The van der Waals surface area contributed by atoms with Crippen molar-refractivity contribution in [2.45, 2.75) is 26.5 Å². The van der Waals surface area contributed by atoms with E-state index in [0.717, 1.165) is 11.0 Å². The topological polar surface area (TPSA) is 47.3 Å². The van der Waals surface area contributed by atoms with Crippen molar-refractivity contribution in [3.8, 4) is 0 Å². The average Bonchev–Trinajstić information content (AvgIpc) is 2.68. The van der Waals surface area contributed by atoms with Gasteiger partial charge in [0.15, 0.2) is 0 Å². The van der Waals surface area contributed by atoms with Crippen LogP contribution in [0.5, 0.6) is 0 Å². The van der Waals surface area contributed by atoms with Crippen LogP contribution >= 0.6 is 11.6 Å². The van der Waals surface area contributed by atoms with Gasteiger partial charge in [-0.15, -0.1) is 0 Å². The predicted molar refractivity (Wildman–Crippen MR) is 71.9 cm³/mol. The third-order valence-electron chi connectivity index (χ3n) is 2.78. The molecule has 2 aromatic rings. The summed E-state index contributed by atoms with van der Waals surface area (Å²) in [5, 5.41) is 10.4. The molecule has 5 heteroatoms.